The molecule has 2 nitrogen and oxygen atoms in total. The van der Waals surface area contributed by atoms with E-state index in [1.165, 1.54) is 23.4 Å². The van der Waals surface area contributed by atoms with Crippen LogP contribution in [0.4, 0.5) is 0 Å². The first-order valence-corrected chi connectivity index (χ1v) is 7.73. The number of nitrogens with zero attached hydrogens (tertiary/aromatic N) is 1. The van der Waals surface area contributed by atoms with Gasteiger partial charge in [-0.3, -0.25) is 10.3 Å². The molecule has 1 heterocycles. The Morgan fingerprint density at radius 2 is 2.17 bits per heavy atom. The van der Waals surface area contributed by atoms with Gasteiger partial charge in [-0.15, -0.1) is 11.8 Å². The van der Waals surface area contributed by atoms with Gasteiger partial charge >= 0.3 is 0 Å². The smallest absolute Gasteiger partial charge is 0.110 e. The summed E-state index contributed by atoms with van der Waals surface area (Å²) < 4.78 is 0. The van der Waals surface area contributed by atoms with Gasteiger partial charge in [0.15, 0.2) is 0 Å². The van der Waals surface area contributed by atoms with Gasteiger partial charge in [-0.2, -0.15) is 0 Å². The van der Waals surface area contributed by atoms with Gasteiger partial charge < -0.3 is 0 Å². The molecular formula is C15H22N2S. The molecule has 0 saturated heterocycles. The predicted octanol–water partition coefficient (Wildman–Crippen LogP) is 3.65. The highest BCUT2D eigenvalue weighted by molar-refractivity contribution is 8.14. The molecule has 1 N–H and O–H groups in total. The van der Waals surface area contributed by atoms with Gasteiger partial charge in [-0.05, 0) is 24.9 Å². The van der Waals surface area contributed by atoms with E-state index in [0.717, 1.165) is 12.2 Å². The van der Waals surface area contributed by atoms with E-state index in [0.29, 0.717) is 12.1 Å². The number of thioether (sulfide) groups is 1. The van der Waals surface area contributed by atoms with E-state index >= 15 is 0 Å². The van der Waals surface area contributed by atoms with Crippen molar-refractivity contribution in [1.29, 1.82) is 0 Å². The van der Waals surface area contributed by atoms with Gasteiger partial charge in [0, 0.05) is 12.2 Å². The predicted molar refractivity (Wildman–Crippen MR) is 81.4 cm³/mol. The minimum atomic E-state index is 0.322. The summed E-state index contributed by atoms with van der Waals surface area (Å²) in [5.74, 6) is 1.71. The number of hydrogen-bond acceptors (Lipinski definition) is 3. The molecule has 0 saturated carbocycles. The molecule has 0 fully saturated rings. The summed E-state index contributed by atoms with van der Waals surface area (Å²) in [4.78, 5) is 4.72. The number of benzene rings is 1. The lowest BCUT2D eigenvalue weighted by molar-refractivity contribution is 0.627. The molecular weight excluding hydrogens is 240 g/mol. The van der Waals surface area contributed by atoms with Crippen molar-refractivity contribution in [1.82, 2.24) is 5.32 Å². The van der Waals surface area contributed by atoms with Gasteiger partial charge in [0.1, 0.15) is 6.17 Å². The Balaban J connectivity index is 2.03. The molecule has 1 aliphatic rings. The fourth-order valence-electron chi connectivity index (χ4n) is 2.35. The zero-order valence-corrected chi connectivity index (χ0v) is 12.0. The molecule has 1 aliphatic heterocycles. The number of nitrogens with one attached hydrogen (secondary N) is 1. The SMILES string of the molecule is CCC[C@@H](CC1=N[C@H](NC)CS1)c1ccccc1. The minimum absolute atomic E-state index is 0.322. The van der Waals surface area contributed by atoms with E-state index in [-0.39, 0.29) is 0 Å². The van der Waals surface area contributed by atoms with Crippen LogP contribution in [0.25, 0.3) is 0 Å². The molecule has 18 heavy (non-hydrogen) atoms. The second-order valence-electron chi connectivity index (χ2n) is 4.74. The third-order valence-electron chi connectivity index (χ3n) is 3.37. The second kappa shape index (κ2) is 6.95. The minimum Gasteiger partial charge on any atom is -0.298 e. The molecule has 1 aromatic carbocycles. The van der Waals surface area contributed by atoms with Crippen LogP contribution in [0.2, 0.25) is 0 Å². The van der Waals surface area contributed by atoms with E-state index in [1.54, 1.807) is 0 Å². The van der Waals surface area contributed by atoms with Crippen LogP contribution < -0.4 is 5.32 Å². The van der Waals surface area contributed by atoms with Crippen LogP contribution in [-0.4, -0.2) is 24.0 Å². The van der Waals surface area contributed by atoms with Crippen LogP contribution >= 0.6 is 11.8 Å². The summed E-state index contributed by atoms with van der Waals surface area (Å²) in [7, 11) is 1.98. The molecule has 0 aliphatic carbocycles. The Bertz CT molecular complexity index is 389. The lowest BCUT2D eigenvalue weighted by Gasteiger charge is -2.16. The van der Waals surface area contributed by atoms with Gasteiger partial charge in [0.25, 0.3) is 0 Å². The lowest BCUT2D eigenvalue weighted by atomic mass is 9.92. The first-order valence-electron chi connectivity index (χ1n) is 6.75. The van der Waals surface area contributed by atoms with Crippen LogP contribution in [0, 0.1) is 0 Å². The van der Waals surface area contributed by atoms with Gasteiger partial charge in [-0.1, -0.05) is 43.7 Å². The van der Waals surface area contributed by atoms with Crippen LogP contribution in [0.3, 0.4) is 0 Å². The number of aliphatic imine (C=N–C) groups is 1. The fraction of sp³-hybridized carbons (Fsp3) is 0.533. The van der Waals surface area contributed by atoms with Crippen molar-refractivity contribution in [3.05, 3.63) is 35.9 Å². The maximum Gasteiger partial charge on any atom is 0.110 e. The Hall–Kier alpha value is -0.800. The Labute approximate surface area is 114 Å². The highest BCUT2D eigenvalue weighted by atomic mass is 32.2. The van der Waals surface area contributed by atoms with Crippen molar-refractivity contribution >= 4 is 16.8 Å². The molecule has 0 spiro atoms. The van der Waals surface area contributed by atoms with Gasteiger partial charge in [0.2, 0.25) is 0 Å². The van der Waals surface area contributed by atoms with Crippen LogP contribution in [0.5, 0.6) is 0 Å². The molecule has 1 aromatic rings. The topological polar surface area (TPSA) is 24.4 Å². The normalized spacial score (nSPS) is 20.8. The van der Waals surface area contributed by atoms with Gasteiger partial charge in [-0.25, -0.2) is 0 Å². The molecule has 0 unspecified atom stereocenters. The van der Waals surface area contributed by atoms with Crippen LogP contribution in [-0.2, 0) is 0 Å². The van der Waals surface area contributed by atoms with E-state index in [1.807, 2.05) is 18.8 Å². The van der Waals surface area contributed by atoms with E-state index in [2.05, 4.69) is 42.6 Å². The van der Waals surface area contributed by atoms with Crippen molar-refractivity contribution in [2.75, 3.05) is 12.8 Å². The molecule has 2 atom stereocenters. The highest BCUT2D eigenvalue weighted by Gasteiger charge is 2.20. The average molecular weight is 262 g/mol. The molecule has 0 aromatic heterocycles. The Morgan fingerprint density at radius 1 is 1.39 bits per heavy atom. The first kappa shape index (κ1) is 13.6. The maximum atomic E-state index is 4.72. The molecule has 98 valence electrons. The third kappa shape index (κ3) is 3.59. The summed E-state index contributed by atoms with van der Waals surface area (Å²) in [5.41, 5.74) is 1.45. The summed E-state index contributed by atoms with van der Waals surface area (Å²) in [6.07, 6.45) is 3.89. The quantitative estimate of drug-likeness (QED) is 0.846. The van der Waals surface area contributed by atoms with Crippen molar-refractivity contribution in [3.63, 3.8) is 0 Å². The van der Waals surface area contributed by atoms with E-state index in [4.69, 9.17) is 4.99 Å². The van der Waals surface area contributed by atoms with Crippen molar-refractivity contribution in [2.24, 2.45) is 4.99 Å². The summed E-state index contributed by atoms with van der Waals surface area (Å²) in [6.45, 7) is 2.26. The van der Waals surface area contributed by atoms with Crippen molar-refractivity contribution in [2.45, 2.75) is 38.3 Å². The monoisotopic (exact) mass is 262 g/mol. The highest BCUT2D eigenvalue weighted by Crippen LogP contribution is 2.30. The van der Waals surface area contributed by atoms with E-state index < -0.39 is 0 Å². The molecule has 0 amide bonds. The number of hydrogen-bond donors (Lipinski definition) is 1. The average Bonchev–Trinajstić information content (AvgIpc) is 2.87. The Kier molecular flexibility index (Phi) is 5.26. The molecule has 0 bridgehead atoms. The summed E-state index contributed by atoms with van der Waals surface area (Å²) >= 11 is 1.91. The standard InChI is InChI=1S/C15H22N2S/c1-3-7-13(12-8-5-4-6-9-12)10-15-17-14(16-2)11-18-15/h4-6,8-9,13-14,16H,3,7,10-11H2,1-2H3/t13-,14-/m0/s1. The zero-order chi connectivity index (χ0) is 12.8. The Morgan fingerprint density at radius 3 is 2.78 bits per heavy atom. The lowest BCUT2D eigenvalue weighted by Crippen LogP contribution is -2.22. The summed E-state index contributed by atoms with van der Waals surface area (Å²) in [6, 6.07) is 10.9. The van der Waals surface area contributed by atoms with Crippen molar-refractivity contribution < 1.29 is 0 Å². The summed E-state index contributed by atoms with van der Waals surface area (Å²) in [5, 5.41) is 4.55. The van der Waals surface area contributed by atoms with Crippen LogP contribution in [0.15, 0.2) is 35.3 Å². The first-order chi connectivity index (χ1) is 8.83. The maximum absolute atomic E-state index is 4.72. The van der Waals surface area contributed by atoms with Crippen LogP contribution in [0.1, 0.15) is 37.7 Å². The second-order valence-corrected chi connectivity index (χ2v) is 5.83. The number of rotatable bonds is 6. The fourth-order valence-corrected chi connectivity index (χ4v) is 3.47. The van der Waals surface area contributed by atoms with Crippen molar-refractivity contribution in [3.8, 4) is 0 Å². The van der Waals surface area contributed by atoms with E-state index in [9.17, 15) is 0 Å². The third-order valence-corrected chi connectivity index (χ3v) is 4.46. The molecule has 2 rings (SSSR count). The van der Waals surface area contributed by atoms with Gasteiger partial charge in [0.05, 0.1) is 5.04 Å². The molecule has 3 heteroatoms. The molecule has 0 radical (unpaired) electrons. The zero-order valence-electron chi connectivity index (χ0n) is 11.2. The largest absolute Gasteiger partial charge is 0.298 e.